The van der Waals surface area contributed by atoms with E-state index in [-0.39, 0.29) is 11.8 Å². The van der Waals surface area contributed by atoms with Crippen LogP contribution in [0.25, 0.3) is 10.9 Å². The van der Waals surface area contributed by atoms with E-state index in [1.54, 1.807) is 18.0 Å². The normalized spacial score (nSPS) is 12.1. The average Bonchev–Trinajstić information content (AvgIpc) is 3.32. The zero-order valence-corrected chi connectivity index (χ0v) is 15.8. The molecule has 4 aromatic rings. The van der Waals surface area contributed by atoms with Gasteiger partial charge < -0.3 is 15.0 Å². The molecule has 0 aliphatic carbocycles. The molecule has 1 atom stereocenters. The molecule has 6 heteroatoms. The van der Waals surface area contributed by atoms with Gasteiger partial charge >= 0.3 is 0 Å². The third-order valence-corrected chi connectivity index (χ3v) is 4.88. The zero-order valence-electron chi connectivity index (χ0n) is 15.8. The number of H-pyrrole nitrogens is 1. The number of aromatic amines is 1. The number of carbonyl (C=O) groups excluding carboxylic acids is 1. The molecule has 0 saturated carbocycles. The first kappa shape index (κ1) is 17.9. The maximum Gasteiger partial charge on any atom is 0.232 e. The van der Waals surface area contributed by atoms with Gasteiger partial charge in [0.1, 0.15) is 5.75 Å². The van der Waals surface area contributed by atoms with Gasteiger partial charge in [-0.3, -0.25) is 9.48 Å². The van der Waals surface area contributed by atoms with Crippen molar-refractivity contribution in [3.63, 3.8) is 0 Å². The van der Waals surface area contributed by atoms with Gasteiger partial charge in [-0.2, -0.15) is 5.10 Å². The number of rotatable bonds is 6. The van der Waals surface area contributed by atoms with Gasteiger partial charge in [0, 0.05) is 30.3 Å². The second-order valence-corrected chi connectivity index (χ2v) is 6.79. The van der Waals surface area contributed by atoms with Crippen molar-refractivity contribution in [2.24, 2.45) is 7.05 Å². The van der Waals surface area contributed by atoms with Crippen LogP contribution in [0.4, 0.5) is 5.69 Å². The highest BCUT2D eigenvalue weighted by molar-refractivity contribution is 6.03. The van der Waals surface area contributed by atoms with Crippen LogP contribution in [0.2, 0.25) is 0 Å². The van der Waals surface area contributed by atoms with Crippen LogP contribution >= 0.6 is 0 Å². The van der Waals surface area contributed by atoms with Crippen molar-refractivity contribution in [3.05, 3.63) is 78.2 Å². The van der Waals surface area contributed by atoms with Crippen LogP contribution in [0.3, 0.4) is 0 Å². The first-order valence-electron chi connectivity index (χ1n) is 9.12. The standard InChI is InChI=1S/C22H22N4O2/c1-26-14-15(12-24-26)11-19(16-7-9-17(28-2)10-8-16)22(27)25-21-13-23-20-6-4-3-5-18(20)21/h3-10,12-14,19,23H,11H2,1-2H3,(H,25,27). The minimum atomic E-state index is -0.344. The van der Waals surface area contributed by atoms with Gasteiger partial charge in [0.2, 0.25) is 5.91 Å². The molecule has 1 unspecified atom stereocenters. The Morgan fingerprint density at radius 1 is 1.21 bits per heavy atom. The summed E-state index contributed by atoms with van der Waals surface area (Å²) in [5.74, 6) is 0.364. The number of nitrogens with one attached hydrogen (secondary N) is 2. The number of benzene rings is 2. The number of anilines is 1. The Kier molecular flexibility index (Phi) is 4.85. The summed E-state index contributed by atoms with van der Waals surface area (Å²) >= 11 is 0. The third-order valence-electron chi connectivity index (χ3n) is 4.88. The van der Waals surface area contributed by atoms with E-state index < -0.39 is 0 Å². The van der Waals surface area contributed by atoms with Gasteiger partial charge in [-0.05, 0) is 35.7 Å². The molecule has 6 nitrogen and oxygen atoms in total. The number of aryl methyl sites for hydroxylation is 1. The SMILES string of the molecule is COc1ccc(C(Cc2cnn(C)c2)C(=O)Nc2c[nH]c3ccccc23)cc1. The number of carbonyl (C=O) groups is 1. The number of amides is 1. The molecule has 28 heavy (non-hydrogen) atoms. The Morgan fingerprint density at radius 2 is 2.00 bits per heavy atom. The Morgan fingerprint density at radius 3 is 2.71 bits per heavy atom. The summed E-state index contributed by atoms with van der Waals surface area (Å²) in [5.41, 5.74) is 3.72. The lowest BCUT2D eigenvalue weighted by atomic mass is 9.92. The number of para-hydroxylation sites is 1. The van der Waals surface area contributed by atoms with E-state index in [4.69, 9.17) is 4.74 Å². The number of aromatic nitrogens is 3. The fourth-order valence-electron chi connectivity index (χ4n) is 3.41. The van der Waals surface area contributed by atoms with Crippen LogP contribution in [-0.2, 0) is 18.3 Å². The molecular formula is C22H22N4O2. The number of fused-ring (bicyclic) bond motifs is 1. The van der Waals surface area contributed by atoms with Crippen LogP contribution < -0.4 is 10.1 Å². The van der Waals surface area contributed by atoms with E-state index in [1.165, 1.54) is 0 Å². The highest BCUT2D eigenvalue weighted by Crippen LogP contribution is 2.28. The first-order chi connectivity index (χ1) is 13.6. The van der Waals surface area contributed by atoms with E-state index in [2.05, 4.69) is 15.4 Å². The molecule has 0 saturated heterocycles. The van der Waals surface area contributed by atoms with Gasteiger partial charge in [-0.25, -0.2) is 0 Å². The molecule has 0 bridgehead atoms. The van der Waals surface area contributed by atoms with Gasteiger partial charge in [0.25, 0.3) is 0 Å². The fourth-order valence-corrected chi connectivity index (χ4v) is 3.41. The van der Waals surface area contributed by atoms with Crippen molar-refractivity contribution in [2.45, 2.75) is 12.3 Å². The molecule has 0 fully saturated rings. The van der Waals surface area contributed by atoms with Gasteiger partial charge in [-0.15, -0.1) is 0 Å². The molecule has 142 valence electrons. The van der Waals surface area contributed by atoms with Crippen molar-refractivity contribution >= 4 is 22.5 Å². The lowest BCUT2D eigenvalue weighted by molar-refractivity contribution is -0.117. The largest absolute Gasteiger partial charge is 0.497 e. The minimum Gasteiger partial charge on any atom is -0.497 e. The van der Waals surface area contributed by atoms with Gasteiger partial charge in [-0.1, -0.05) is 30.3 Å². The number of hydrogen-bond donors (Lipinski definition) is 2. The highest BCUT2D eigenvalue weighted by Gasteiger charge is 2.23. The summed E-state index contributed by atoms with van der Waals surface area (Å²) in [4.78, 5) is 16.4. The highest BCUT2D eigenvalue weighted by atomic mass is 16.5. The zero-order chi connectivity index (χ0) is 19.5. The quantitative estimate of drug-likeness (QED) is 0.538. The van der Waals surface area contributed by atoms with Crippen LogP contribution in [0.15, 0.2) is 67.1 Å². The maximum atomic E-state index is 13.2. The molecule has 1 amide bonds. The van der Waals surface area contributed by atoms with Crippen molar-refractivity contribution in [3.8, 4) is 5.75 Å². The van der Waals surface area contributed by atoms with Crippen molar-refractivity contribution in [2.75, 3.05) is 12.4 Å². The molecule has 2 N–H and O–H groups in total. The Bertz CT molecular complexity index is 1100. The Balaban J connectivity index is 1.63. The molecule has 2 heterocycles. The smallest absolute Gasteiger partial charge is 0.232 e. The van der Waals surface area contributed by atoms with Crippen molar-refractivity contribution < 1.29 is 9.53 Å². The van der Waals surface area contributed by atoms with E-state index >= 15 is 0 Å². The van der Waals surface area contributed by atoms with Gasteiger partial charge in [0.15, 0.2) is 0 Å². The molecule has 4 rings (SSSR count). The van der Waals surface area contributed by atoms with Crippen LogP contribution in [0.1, 0.15) is 17.0 Å². The summed E-state index contributed by atoms with van der Waals surface area (Å²) < 4.78 is 6.99. The average molecular weight is 374 g/mol. The van der Waals surface area contributed by atoms with E-state index in [0.29, 0.717) is 6.42 Å². The van der Waals surface area contributed by atoms with Crippen LogP contribution in [0.5, 0.6) is 5.75 Å². The van der Waals surface area contributed by atoms with Crippen LogP contribution in [0, 0.1) is 0 Å². The third kappa shape index (κ3) is 3.62. The number of ether oxygens (including phenoxy) is 1. The summed E-state index contributed by atoms with van der Waals surface area (Å²) in [5, 5.41) is 8.31. The van der Waals surface area contributed by atoms with E-state index in [0.717, 1.165) is 33.5 Å². The maximum absolute atomic E-state index is 13.2. The predicted octanol–water partition coefficient (Wildman–Crippen LogP) is 3.88. The second kappa shape index (κ2) is 7.60. The Hall–Kier alpha value is -3.54. The number of nitrogens with zero attached hydrogens (tertiary/aromatic N) is 2. The molecule has 2 aromatic heterocycles. The van der Waals surface area contributed by atoms with Crippen LogP contribution in [-0.4, -0.2) is 27.8 Å². The number of hydrogen-bond acceptors (Lipinski definition) is 3. The molecule has 0 aliphatic heterocycles. The second-order valence-electron chi connectivity index (χ2n) is 6.79. The molecule has 0 radical (unpaired) electrons. The molecule has 2 aromatic carbocycles. The molecule has 0 aliphatic rings. The van der Waals surface area contributed by atoms with Gasteiger partial charge in [0.05, 0.1) is 24.9 Å². The van der Waals surface area contributed by atoms with Crippen molar-refractivity contribution in [1.82, 2.24) is 14.8 Å². The first-order valence-corrected chi connectivity index (χ1v) is 9.12. The predicted molar refractivity (Wildman–Crippen MR) is 110 cm³/mol. The summed E-state index contributed by atoms with van der Waals surface area (Å²) in [6.07, 6.45) is 6.14. The van der Waals surface area contributed by atoms with E-state index in [1.807, 2.05) is 68.0 Å². The minimum absolute atomic E-state index is 0.0567. The summed E-state index contributed by atoms with van der Waals surface area (Å²) in [7, 11) is 3.50. The van der Waals surface area contributed by atoms with Crippen molar-refractivity contribution in [1.29, 1.82) is 0 Å². The molecular weight excluding hydrogens is 352 g/mol. The van der Waals surface area contributed by atoms with E-state index in [9.17, 15) is 4.79 Å². The molecule has 0 spiro atoms. The lowest BCUT2D eigenvalue weighted by Crippen LogP contribution is -2.23. The lowest BCUT2D eigenvalue weighted by Gasteiger charge is -2.17. The fraction of sp³-hybridized carbons (Fsp3) is 0.182. The Labute approximate surface area is 163 Å². The number of methoxy groups -OCH3 is 1. The summed E-state index contributed by atoms with van der Waals surface area (Å²) in [6.45, 7) is 0. The monoisotopic (exact) mass is 374 g/mol. The summed E-state index contributed by atoms with van der Waals surface area (Å²) in [6, 6.07) is 15.5. The topological polar surface area (TPSA) is 71.9 Å².